The minimum absolute atomic E-state index is 0.178. The Morgan fingerprint density at radius 2 is 1.74 bits per heavy atom. The van der Waals surface area contributed by atoms with Gasteiger partial charge in [0.15, 0.2) is 6.61 Å². The lowest BCUT2D eigenvalue weighted by Crippen LogP contribution is -2.42. The SMILES string of the molecule is Cn1c(N)c(C(=O)COC(=O)c2ccc3nccnc3c2)c(=O)n(C)c1=O. The number of nitrogens with two attached hydrogens (primary N) is 1. The number of hydrogen-bond donors (Lipinski definition) is 1. The van der Waals surface area contributed by atoms with Gasteiger partial charge in [0.05, 0.1) is 16.6 Å². The molecular formula is C17H15N5O5. The predicted octanol–water partition coefficient (Wildman–Crippen LogP) is -0.351. The van der Waals surface area contributed by atoms with E-state index in [1.54, 1.807) is 6.07 Å². The molecule has 0 fully saturated rings. The number of anilines is 1. The fraction of sp³-hybridized carbons (Fsp3) is 0.176. The van der Waals surface area contributed by atoms with Crippen LogP contribution in [0, 0.1) is 0 Å². The van der Waals surface area contributed by atoms with Gasteiger partial charge in [-0.05, 0) is 18.2 Å². The first-order chi connectivity index (χ1) is 12.8. The highest BCUT2D eigenvalue weighted by atomic mass is 16.5. The van der Waals surface area contributed by atoms with Crippen molar-refractivity contribution in [2.75, 3.05) is 12.3 Å². The maximum absolute atomic E-state index is 12.3. The zero-order valence-electron chi connectivity index (χ0n) is 14.5. The van der Waals surface area contributed by atoms with E-state index in [9.17, 15) is 19.2 Å². The number of ether oxygens (including phenoxy) is 1. The first-order valence-electron chi connectivity index (χ1n) is 7.78. The van der Waals surface area contributed by atoms with Crippen LogP contribution in [0.25, 0.3) is 11.0 Å². The minimum atomic E-state index is -0.849. The average molecular weight is 369 g/mol. The molecule has 0 aliphatic rings. The highest BCUT2D eigenvalue weighted by Crippen LogP contribution is 2.12. The quantitative estimate of drug-likeness (QED) is 0.486. The summed E-state index contributed by atoms with van der Waals surface area (Å²) in [6.07, 6.45) is 3.01. The Bertz CT molecular complexity index is 1190. The van der Waals surface area contributed by atoms with Crippen molar-refractivity contribution in [3.05, 3.63) is 62.6 Å². The number of aromatic nitrogens is 4. The van der Waals surface area contributed by atoms with E-state index in [1.807, 2.05) is 0 Å². The van der Waals surface area contributed by atoms with Crippen LogP contribution >= 0.6 is 0 Å². The number of Topliss-reactive ketones (excluding diaryl/α,β-unsaturated/α-hetero) is 1. The molecule has 0 unspecified atom stereocenters. The second-order valence-electron chi connectivity index (χ2n) is 5.73. The fourth-order valence-corrected chi connectivity index (χ4v) is 2.50. The molecule has 3 aromatic rings. The molecule has 10 nitrogen and oxygen atoms in total. The topological polar surface area (TPSA) is 139 Å². The second-order valence-corrected chi connectivity index (χ2v) is 5.73. The van der Waals surface area contributed by atoms with Crippen LogP contribution in [0.15, 0.2) is 40.2 Å². The number of esters is 1. The summed E-state index contributed by atoms with van der Waals surface area (Å²) in [5.74, 6) is -1.86. The summed E-state index contributed by atoms with van der Waals surface area (Å²) < 4.78 is 6.71. The smallest absolute Gasteiger partial charge is 0.338 e. The van der Waals surface area contributed by atoms with E-state index in [-0.39, 0.29) is 11.4 Å². The van der Waals surface area contributed by atoms with E-state index < -0.39 is 35.2 Å². The van der Waals surface area contributed by atoms with Crippen molar-refractivity contribution in [3.63, 3.8) is 0 Å². The Kier molecular flexibility index (Phi) is 4.55. The monoisotopic (exact) mass is 369 g/mol. The Morgan fingerprint density at radius 3 is 2.44 bits per heavy atom. The first-order valence-corrected chi connectivity index (χ1v) is 7.78. The second kappa shape index (κ2) is 6.83. The van der Waals surface area contributed by atoms with Crippen LogP contribution in [0.3, 0.4) is 0 Å². The molecule has 0 saturated heterocycles. The van der Waals surface area contributed by atoms with Crippen LogP contribution in [-0.2, 0) is 18.8 Å². The van der Waals surface area contributed by atoms with Crippen LogP contribution in [0.4, 0.5) is 5.82 Å². The van der Waals surface area contributed by atoms with Crippen LogP contribution in [-0.4, -0.2) is 37.5 Å². The van der Waals surface area contributed by atoms with Crippen molar-refractivity contribution in [2.24, 2.45) is 14.1 Å². The molecule has 0 atom stereocenters. The Hall–Kier alpha value is -3.82. The summed E-state index contributed by atoms with van der Waals surface area (Å²) in [5, 5.41) is 0. The van der Waals surface area contributed by atoms with Gasteiger partial charge in [-0.3, -0.25) is 28.7 Å². The van der Waals surface area contributed by atoms with Crippen LogP contribution in [0.5, 0.6) is 0 Å². The number of nitrogen functional groups attached to an aromatic ring is 1. The zero-order valence-corrected chi connectivity index (χ0v) is 14.5. The number of carbonyl (C=O) groups excluding carboxylic acids is 2. The van der Waals surface area contributed by atoms with Gasteiger partial charge in [0, 0.05) is 26.5 Å². The summed E-state index contributed by atoms with van der Waals surface area (Å²) in [4.78, 5) is 56.6. The number of ketones is 1. The van der Waals surface area contributed by atoms with Crippen LogP contribution < -0.4 is 17.0 Å². The zero-order chi connectivity index (χ0) is 19.7. The fourth-order valence-electron chi connectivity index (χ4n) is 2.50. The number of nitrogens with zero attached hydrogens (tertiary/aromatic N) is 4. The van der Waals surface area contributed by atoms with Gasteiger partial charge < -0.3 is 10.5 Å². The molecule has 0 amide bonds. The molecule has 0 bridgehead atoms. The van der Waals surface area contributed by atoms with E-state index in [4.69, 9.17) is 10.5 Å². The molecule has 0 spiro atoms. The van der Waals surface area contributed by atoms with Gasteiger partial charge in [-0.1, -0.05) is 0 Å². The molecule has 0 saturated carbocycles. The highest BCUT2D eigenvalue weighted by molar-refractivity contribution is 6.02. The van der Waals surface area contributed by atoms with E-state index in [1.165, 1.54) is 38.6 Å². The average Bonchev–Trinajstić information content (AvgIpc) is 2.68. The number of rotatable bonds is 4. The third-order valence-electron chi connectivity index (χ3n) is 4.03. The number of fused-ring (bicyclic) bond motifs is 1. The Morgan fingerprint density at radius 1 is 1.07 bits per heavy atom. The van der Waals surface area contributed by atoms with E-state index in [0.29, 0.717) is 11.0 Å². The van der Waals surface area contributed by atoms with Gasteiger partial charge in [-0.2, -0.15) is 0 Å². The lowest BCUT2D eigenvalue weighted by atomic mass is 10.2. The third-order valence-corrected chi connectivity index (χ3v) is 4.03. The maximum atomic E-state index is 12.3. The standard InChI is InChI=1S/C17H15N5O5/c1-21-14(18)13(15(24)22(2)17(21)26)12(23)8-27-16(25)9-3-4-10-11(7-9)20-6-5-19-10/h3-7H,8,18H2,1-2H3. The molecule has 2 heterocycles. The van der Waals surface area contributed by atoms with E-state index >= 15 is 0 Å². The summed E-state index contributed by atoms with van der Waals surface area (Å²) in [6.45, 7) is -0.699. The lowest BCUT2D eigenvalue weighted by molar-refractivity contribution is 0.0474. The van der Waals surface area contributed by atoms with Gasteiger partial charge in [0.2, 0.25) is 5.78 Å². The van der Waals surface area contributed by atoms with Crippen molar-refractivity contribution in [1.29, 1.82) is 0 Å². The van der Waals surface area contributed by atoms with Crippen LogP contribution in [0.1, 0.15) is 20.7 Å². The number of hydrogen-bond acceptors (Lipinski definition) is 8. The van der Waals surface area contributed by atoms with Gasteiger partial charge in [0.1, 0.15) is 11.4 Å². The van der Waals surface area contributed by atoms with Crippen molar-refractivity contribution in [1.82, 2.24) is 19.1 Å². The van der Waals surface area contributed by atoms with Crippen molar-refractivity contribution in [2.45, 2.75) is 0 Å². The van der Waals surface area contributed by atoms with Gasteiger partial charge in [0.25, 0.3) is 5.56 Å². The highest BCUT2D eigenvalue weighted by Gasteiger charge is 2.21. The van der Waals surface area contributed by atoms with Gasteiger partial charge in [-0.25, -0.2) is 9.59 Å². The Balaban J connectivity index is 1.82. The van der Waals surface area contributed by atoms with E-state index in [0.717, 1.165) is 9.13 Å². The minimum Gasteiger partial charge on any atom is -0.454 e. The first kappa shape index (κ1) is 18.0. The molecule has 0 aliphatic heterocycles. The maximum Gasteiger partial charge on any atom is 0.338 e. The normalized spacial score (nSPS) is 10.7. The molecular weight excluding hydrogens is 354 g/mol. The summed E-state index contributed by atoms with van der Waals surface area (Å²) in [7, 11) is 2.55. The van der Waals surface area contributed by atoms with Crippen molar-refractivity contribution in [3.8, 4) is 0 Å². The van der Waals surface area contributed by atoms with Gasteiger partial charge >= 0.3 is 11.7 Å². The van der Waals surface area contributed by atoms with Crippen LogP contribution in [0.2, 0.25) is 0 Å². The number of benzene rings is 1. The third kappa shape index (κ3) is 3.19. The summed E-state index contributed by atoms with van der Waals surface area (Å²) in [5.41, 5.74) is 5.06. The molecule has 3 rings (SSSR count). The predicted molar refractivity (Wildman–Crippen MR) is 95.5 cm³/mol. The lowest BCUT2D eigenvalue weighted by Gasteiger charge is -2.11. The molecule has 0 radical (unpaired) electrons. The van der Waals surface area contributed by atoms with E-state index in [2.05, 4.69) is 9.97 Å². The molecule has 27 heavy (non-hydrogen) atoms. The Labute approximate surface area is 151 Å². The van der Waals surface area contributed by atoms with Crippen molar-refractivity contribution < 1.29 is 14.3 Å². The summed E-state index contributed by atoms with van der Waals surface area (Å²) in [6, 6.07) is 4.57. The molecule has 138 valence electrons. The largest absolute Gasteiger partial charge is 0.454 e. The number of carbonyl (C=O) groups is 2. The van der Waals surface area contributed by atoms with Gasteiger partial charge in [-0.15, -0.1) is 0 Å². The molecule has 0 aliphatic carbocycles. The molecule has 2 N–H and O–H groups in total. The molecule has 2 aromatic heterocycles. The summed E-state index contributed by atoms with van der Waals surface area (Å²) >= 11 is 0. The molecule has 10 heteroatoms. The molecule has 1 aromatic carbocycles. The van der Waals surface area contributed by atoms with Crippen molar-refractivity contribution >= 4 is 28.6 Å².